The molecule has 3 N–H and O–H groups in total. The van der Waals surface area contributed by atoms with Gasteiger partial charge in [0.15, 0.2) is 0 Å². The molecule has 1 amide bonds. The van der Waals surface area contributed by atoms with Crippen molar-refractivity contribution in [1.29, 1.82) is 0 Å². The highest BCUT2D eigenvalue weighted by molar-refractivity contribution is 5.86. The molecule has 0 spiro atoms. The molecule has 0 unspecified atom stereocenters. The number of likely N-dealkylation sites (N-methyl/N-ethyl adjacent to an activating group) is 1. The van der Waals surface area contributed by atoms with Crippen LogP contribution < -0.4 is 5.73 Å². The number of hydrogen-bond donors (Lipinski definition) is 2. The van der Waals surface area contributed by atoms with Crippen molar-refractivity contribution in [2.75, 3.05) is 13.6 Å². The number of hydrogen-bond acceptors (Lipinski definition) is 3. The van der Waals surface area contributed by atoms with Gasteiger partial charge in [0.2, 0.25) is 5.91 Å². The average molecular weight is 372 g/mol. The van der Waals surface area contributed by atoms with Gasteiger partial charge in [0.1, 0.15) is 5.82 Å². The van der Waals surface area contributed by atoms with Crippen molar-refractivity contribution in [1.82, 2.24) is 15.1 Å². The zero-order valence-corrected chi connectivity index (χ0v) is 16.0. The van der Waals surface area contributed by atoms with Crippen molar-refractivity contribution in [3.05, 3.63) is 41.8 Å². The van der Waals surface area contributed by atoms with Crippen LogP contribution in [-0.2, 0) is 11.2 Å². The van der Waals surface area contributed by atoms with E-state index in [1.807, 2.05) is 19.2 Å². The molecule has 1 aliphatic carbocycles. The van der Waals surface area contributed by atoms with Crippen molar-refractivity contribution < 1.29 is 9.18 Å². The number of nitrogens with zero attached hydrogens (tertiary/aromatic N) is 2. The molecule has 0 aliphatic heterocycles. The summed E-state index contributed by atoms with van der Waals surface area (Å²) >= 11 is 0. The fourth-order valence-electron chi connectivity index (χ4n) is 3.83. The Morgan fingerprint density at radius 3 is 2.78 bits per heavy atom. The van der Waals surface area contributed by atoms with E-state index in [2.05, 4.69) is 10.2 Å². The van der Waals surface area contributed by atoms with Gasteiger partial charge in [0.25, 0.3) is 0 Å². The largest absolute Gasteiger partial charge is 0.344 e. The van der Waals surface area contributed by atoms with Crippen LogP contribution in [0.15, 0.2) is 30.3 Å². The number of carbonyl (C=O) groups is 1. The molecule has 0 atom stereocenters. The Bertz CT molecular complexity index is 767. The molecule has 0 radical (unpaired) electrons. The molecule has 1 heterocycles. The monoisotopic (exact) mass is 372 g/mol. The molecule has 1 aliphatic rings. The summed E-state index contributed by atoms with van der Waals surface area (Å²) in [6.07, 6.45) is 7.62. The van der Waals surface area contributed by atoms with Crippen LogP contribution in [0.3, 0.4) is 0 Å². The molecule has 1 aromatic carbocycles. The zero-order valence-electron chi connectivity index (χ0n) is 16.0. The van der Waals surface area contributed by atoms with E-state index < -0.39 is 5.54 Å². The lowest BCUT2D eigenvalue weighted by Gasteiger charge is -2.28. The normalized spacial score (nSPS) is 15.8. The van der Waals surface area contributed by atoms with Crippen molar-refractivity contribution in [2.45, 2.75) is 56.9 Å². The third-order valence-electron chi connectivity index (χ3n) is 5.46. The Balaban J connectivity index is 1.39. The van der Waals surface area contributed by atoms with Gasteiger partial charge in [-0.3, -0.25) is 9.89 Å². The van der Waals surface area contributed by atoms with E-state index in [0.29, 0.717) is 0 Å². The van der Waals surface area contributed by atoms with Gasteiger partial charge in [-0.05, 0) is 50.3 Å². The molecule has 0 saturated heterocycles. The van der Waals surface area contributed by atoms with Crippen molar-refractivity contribution in [3.63, 3.8) is 0 Å². The lowest BCUT2D eigenvalue weighted by molar-refractivity contribution is -0.135. The van der Waals surface area contributed by atoms with Gasteiger partial charge in [-0.1, -0.05) is 31.4 Å². The van der Waals surface area contributed by atoms with Crippen LogP contribution in [0.5, 0.6) is 0 Å². The Kier molecular flexibility index (Phi) is 6.26. The highest BCUT2D eigenvalue weighted by atomic mass is 19.1. The molecule has 1 fully saturated rings. The molecule has 146 valence electrons. The second-order valence-electron chi connectivity index (χ2n) is 7.69. The SMILES string of the molecule is CN(CCCCCc1cc(-c2cccc(F)c2)n[nH]1)C(=O)C1(N)CCCC1. The number of carbonyl (C=O) groups excluding carboxylic acids is 1. The molecule has 3 rings (SSSR count). The van der Waals surface area contributed by atoms with Crippen LogP contribution in [0.4, 0.5) is 4.39 Å². The Hall–Kier alpha value is -2.21. The summed E-state index contributed by atoms with van der Waals surface area (Å²) in [6.45, 7) is 0.745. The number of nitrogens with two attached hydrogens (primary N) is 1. The number of unbranched alkanes of at least 4 members (excludes halogenated alkanes) is 2. The predicted octanol–water partition coefficient (Wildman–Crippen LogP) is 3.66. The molecular formula is C21H29FN4O. The minimum Gasteiger partial charge on any atom is -0.344 e. The molecular weight excluding hydrogens is 343 g/mol. The Morgan fingerprint density at radius 2 is 2.04 bits per heavy atom. The highest BCUT2D eigenvalue weighted by Gasteiger charge is 2.38. The van der Waals surface area contributed by atoms with Gasteiger partial charge in [-0.25, -0.2) is 4.39 Å². The van der Waals surface area contributed by atoms with Crippen molar-refractivity contribution in [3.8, 4) is 11.3 Å². The molecule has 0 bridgehead atoms. The minimum absolute atomic E-state index is 0.0910. The van der Waals surface area contributed by atoms with Gasteiger partial charge in [-0.2, -0.15) is 5.10 Å². The van der Waals surface area contributed by atoms with E-state index in [1.54, 1.807) is 11.0 Å². The second kappa shape index (κ2) is 8.65. The summed E-state index contributed by atoms with van der Waals surface area (Å²) in [7, 11) is 1.86. The molecule has 27 heavy (non-hydrogen) atoms. The number of H-pyrrole nitrogens is 1. The third kappa shape index (κ3) is 4.95. The number of rotatable bonds is 8. The lowest BCUT2D eigenvalue weighted by Crippen LogP contribution is -2.52. The summed E-state index contributed by atoms with van der Waals surface area (Å²) in [5.41, 5.74) is 8.21. The van der Waals surface area contributed by atoms with Crippen molar-refractivity contribution >= 4 is 5.91 Å². The smallest absolute Gasteiger partial charge is 0.242 e. The molecule has 2 aromatic rings. The number of benzene rings is 1. The van der Waals surface area contributed by atoms with E-state index in [9.17, 15) is 9.18 Å². The van der Waals surface area contributed by atoms with Crippen LogP contribution in [0.1, 0.15) is 50.6 Å². The predicted molar refractivity (Wildman–Crippen MR) is 105 cm³/mol. The van der Waals surface area contributed by atoms with Crippen molar-refractivity contribution in [2.24, 2.45) is 5.73 Å². The second-order valence-corrected chi connectivity index (χ2v) is 7.69. The molecule has 6 heteroatoms. The number of aromatic amines is 1. The number of nitrogens with one attached hydrogen (secondary N) is 1. The van der Waals surface area contributed by atoms with Gasteiger partial charge in [0.05, 0.1) is 11.2 Å². The van der Waals surface area contributed by atoms with Gasteiger partial charge >= 0.3 is 0 Å². The summed E-state index contributed by atoms with van der Waals surface area (Å²) in [4.78, 5) is 14.3. The fourth-order valence-corrected chi connectivity index (χ4v) is 3.83. The van der Waals surface area contributed by atoms with Gasteiger partial charge in [-0.15, -0.1) is 0 Å². The molecule has 1 aromatic heterocycles. The maximum Gasteiger partial charge on any atom is 0.242 e. The number of amides is 1. The van der Waals surface area contributed by atoms with E-state index in [4.69, 9.17) is 5.73 Å². The first kappa shape index (κ1) is 19.5. The Morgan fingerprint density at radius 1 is 1.26 bits per heavy atom. The standard InChI is InChI=1S/C21H29FN4O/c1-26(20(27)21(23)11-4-5-12-21)13-6-2-3-10-18-15-19(25-24-18)16-8-7-9-17(22)14-16/h7-9,14-15H,2-6,10-13,23H2,1H3,(H,24,25). The van der Waals surface area contributed by atoms with Gasteiger partial charge < -0.3 is 10.6 Å². The molecule has 5 nitrogen and oxygen atoms in total. The summed E-state index contributed by atoms with van der Waals surface area (Å²) in [6, 6.07) is 8.43. The topological polar surface area (TPSA) is 75.0 Å². The van der Waals surface area contributed by atoms with Crippen LogP contribution in [0.2, 0.25) is 0 Å². The van der Waals surface area contributed by atoms with Crippen LogP contribution in [0, 0.1) is 5.82 Å². The maximum atomic E-state index is 13.3. The zero-order chi connectivity index (χ0) is 19.3. The van der Waals surface area contributed by atoms with E-state index in [1.165, 1.54) is 12.1 Å². The van der Waals surface area contributed by atoms with Crippen LogP contribution in [-0.4, -0.2) is 40.1 Å². The lowest BCUT2D eigenvalue weighted by atomic mass is 9.97. The van der Waals surface area contributed by atoms with E-state index in [0.717, 1.165) is 74.9 Å². The molecule has 1 saturated carbocycles. The average Bonchev–Trinajstić information content (AvgIpc) is 3.30. The maximum absolute atomic E-state index is 13.3. The van der Waals surface area contributed by atoms with Gasteiger partial charge in [0, 0.05) is 24.8 Å². The van der Waals surface area contributed by atoms with E-state index >= 15 is 0 Å². The van der Waals surface area contributed by atoms with E-state index in [-0.39, 0.29) is 11.7 Å². The summed E-state index contributed by atoms with van der Waals surface area (Å²) < 4.78 is 13.3. The first-order valence-corrected chi connectivity index (χ1v) is 9.83. The first-order valence-electron chi connectivity index (χ1n) is 9.83. The number of aryl methyl sites for hydroxylation is 1. The Labute approximate surface area is 160 Å². The fraction of sp³-hybridized carbons (Fsp3) is 0.524. The summed E-state index contributed by atoms with van der Waals surface area (Å²) in [5.74, 6) is -0.166. The van der Waals surface area contributed by atoms with Crippen LogP contribution >= 0.6 is 0 Å². The quantitative estimate of drug-likeness (QED) is 0.695. The summed E-state index contributed by atoms with van der Waals surface area (Å²) in [5, 5.41) is 7.30. The number of aromatic nitrogens is 2. The number of halogens is 1. The first-order chi connectivity index (χ1) is 13.0. The van der Waals surface area contributed by atoms with Crippen LogP contribution in [0.25, 0.3) is 11.3 Å². The highest BCUT2D eigenvalue weighted by Crippen LogP contribution is 2.28. The third-order valence-corrected chi connectivity index (χ3v) is 5.46. The minimum atomic E-state index is -0.627.